The molecular formula is C15H25NOS. The topological polar surface area (TPSA) is 29.1 Å². The highest BCUT2D eigenvalue weighted by Crippen LogP contribution is 2.21. The van der Waals surface area contributed by atoms with Gasteiger partial charge in [-0.1, -0.05) is 38.1 Å². The quantitative estimate of drug-likeness (QED) is 0.822. The van der Waals surface area contributed by atoms with Crippen LogP contribution in [0, 0.1) is 0 Å². The standard InChI is InChI=1S/C15H25NOS/c1-5-11-18(17)12(3)15(16-4)14-9-7-13(6-2)8-10-14/h7-10,12,15-16H,5-6,11H2,1-4H3. The lowest BCUT2D eigenvalue weighted by Crippen LogP contribution is -2.31. The van der Waals surface area contributed by atoms with Crippen LogP contribution in [0.2, 0.25) is 0 Å². The number of aryl methyl sites for hydroxylation is 1. The molecule has 0 aliphatic rings. The van der Waals surface area contributed by atoms with Crippen molar-refractivity contribution in [3.8, 4) is 0 Å². The summed E-state index contributed by atoms with van der Waals surface area (Å²) < 4.78 is 12.1. The fourth-order valence-corrected chi connectivity index (χ4v) is 3.54. The second-order valence-electron chi connectivity index (χ2n) is 4.65. The summed E-state index contributed by atoms with van der Waals surface area (Å²) in [4.78, 5) is 0. The summed E-state index contributed by atoms with van der Waals surface area (Å²) in [5.41, 5.74) is 2.57. The Kier molecular flexibility index (Phi) is 6.58. The normalized spacial score (nSPS) is 16.2. The lowest BCUT2D eigenvalue weighted by atomic mass is 10.0. The van der Waals surface area contributed by atoms with Gasteiger partial charge in [0.25, 0.3) is 0 Å². The van der Waals surface area contributed by atoms with E-state index >= 15 is 0 Å². The molecule has 0 aliphatic carbocycles. The second-order valence-corrected chi connectivity index (χ2v) is 6.56. The van der Waals surface area contributed by atoms with Gasteiger partial charge in [-0.3, -0.25) is 4.21 Å². The Balaban J connectivity index is 2.84. The molecule has 2 nitrogen and oxygen atoms in total. The van der Waals surface area contributed by atoms with Crippen LogP contribution < -0.4 is 5.32 Å². The highest BCUT2D eigenvalue weighted by atomic mass is 32.2. The summed E-state index contributed by atoms with van der Waals surface area (Å²) in [5, 5.41) is 3.44. The van der Waals surface area contributed by atoms with Crippen molar-refractivity contribution in [1.29, 1.82) is 0 Å². The fraction of sp³-hybridized carbons (Fsp3) is 0.600. The third-order valence-corrected chi connectivity index (χ3v) is 5.26. The van der Waals surface area contributed by atoms with Gasteiger partial charge in [0.1, 0.15) is 0 Å². The maximum Gasteiger partial charge on any atom is 0.0514 e. The van der Waals surface area contributed by atoms with Crippen LogP contribution in [0.1, 0.15) is 44.4 Å². The summed E-state index contributed by atoms with van der Waals surface area (Å²) in [6, 6.07) is 8.80. The molecule has 0 heterocycles. The Bertz CT molecular complexity index is 375. The van der Waals surface area contributed by atoms with Gasteiger partial charge in [0.05, 0.1) is 5.25 Å². The average Bonchev–Trinajstić information content (AvgIpc) is 2.40. The number of hydrogen-bond donors (Lipinski definition) is 1. The van der Waals surface area contributed by atoms with E-state index < -0.39 is 10.8 Å². The maximum atomic E-state index is 12.1. The van der Waals surface area contributed by atoms with Crippen LogP contribution in [0.4, 0.5) is 0 Å². The van der Waals surface area contributed by atoms with Gasteiger partial charge in [0.15, 0.2) is 0 Å². The Morgan fingerprint density at radius 2 is 1.83 bits per heavy atom. The van der Waals surface area contributed by atoms with Gasteiger partial charge >= 0.3 is 0 Å². The molecule has 3 unspecified atom stereocenters. The molecule has 1 aromatic carbocycles. The molecule has 0 fully saturated rings. The molecule has 0 aromatic heterocycles. The number of benzene rings is 1. The molecule has 3 atom stereocenters. The number of nitrogens with one attached hydrogen (secondary N) is 1. The van der Waals surface area contributed by atoms with E-state index in [4.69, 9.17) is 0 Å². The number of hydrogen-bond acceptors (Lipinski definition) is 2. The molecule has 1 aromatic rings. The van der Waals surface area contributed by atoms with Gasteiger partial charge < -0.3 is 5.32 Å². The van der Waals surface area contributed by atoms with Crippen LogP contribution in [-0.4, -0.2) is 22.3 Å². The van der Waals surface area contributed by atoms with Crippen LogP contribution in [0.3, 0.4) is 0 Å². The minimum atomic E-state index is -0.765. The lowest BCUT2D eigenvalue weighted by Gasteiger charge is -2.23. The minimum absolute atomic E-state index is 0.141. The van der Waals surface area contributed by atoms with Crippen LogP contribution in [0.25, 0.3) is 0 Å². The van der Waals surface area contributed by atoms with Crippen molar-refractivity contribution >= 4 is 10.8 Å². The van der Waals surface area contributed by atoms with Crippen LogP contribution in [0.5, 0.6) is 0 Å². The summed E-state index contributed by atoms with van der Waals surface area (Å²) in [6.45, 7) is 6.30. The van der Waals surface area contributed by atoms with Crippen molar-refractivity contribution in [2.24, 2.45) is 0 Å². The summed E-state index contributed by atoms with van der Waals surface area (Å²) >= 11 is 0. The van der Waals surface area contributed by atoms with Crippen molar-refractivity contribution in [1.82, 2.24) is 5.32 Å². The molecule has 0 saturated heterocycles. The smallest absolute Gasteiger partial charge is 0.0514 e. The fourth-order valence-electron chi connectivity index (χ4n) is 2.17. The molecule has 0 radical (unpaired) electrons. The SMILES string of the molecule is CCCS(=O)C(C)C(NC)c1ccc(CC)cc1. The predicted molar refractivity (Wildman–Crippen MR) is 80.4 cm³/mol. The summed E-state index contributed by atoms with van der Waals surface area (Å²) in [7, 11) is 1.18. The first-order valence-electron chi connectivity index (χ1n) is 6.77. The van der Waals surface area contributed by atoms with Crippen molar-refractivity contribution in [2.75, 3.05) is 12.8 Å². The van der Waals surface area contributed by atoms with Crippen LogP contribution in [0.15, 0.2) is 24.3 Å². The van der Waals surface area contributed by atoms with Gasteiger partial charge in [-0.25, -0.2) is 0 Å². The molecule has 0 aliphatic heterocycles. The molecular weight excluding hydrogens is 242 g/mol. The molecule has 3 heteroatoms. The molecule has 0 saturated carbocycles. The summed E-state index contributed by atoms with van der Waals surface area (Å²) in [6.07, 6.45) is 2.03. The van der Waals surface area contributed by atoms with Gasteiger partial charge in [-0.2, -0.15) is 0 Å². The highest BCUT2D eigenvalue weighted by Gasteiger charge is 2.22. The highest BCUT2D eigenvalue weighted by molar-refractivity contribution is 7.85. The van der Waals surface area contributed by atoms with E-state index in [0.29, 0.717) is 0 Å². The second kappa shape index (κ2) is 7.70. The Morgan fingerprint density at radius 3 is 2.28 bits per heavy atom. The third-order valence-electron chi connectivity index (χ3n) is 3.35. The van der Waals surface area contributed by atoms with E-state index in [9.17, 15) is 4.21 Å². The maximum absolute atomic E-state index is 12.1. The first kappa shape index (κ1) is 15.4. The molecule has 18 heavy (non-hydrogen) atoms. The Labute approximate surface area is 114 Å². The molecule has 102 valence electrons. The molecule has 0 spiro atoms. The minimum Gasteiger partial charge on any atom is -0.312 e. The zero-order valence-electron chi connectivity index (χ0n) is 11.9. The monoisotopic (exact) mass is 267 g/mol. The van der Waals surface area contributed by atoms with Gasteiger partial charge in [0.2, 0.25) is 0 Å². The van der Waals surface area contributed by atoms with E-state index in [1.54, 1.807) is 0 Å². The first-order chi connectivity index (χ1) is 8.63. The van der Waals surface area contributed by atoms with Crippen LogP contribution >= 0.6 is 0 Å². The molecule has 1 N–H and O–H groups in total. The van der Waals surface area contributed by atoms with Crippen molar-refractivity contribution in [3.63, 3.8) is 0 Å². The molecule has 0 bridgehead atoms. The summed E-state index contributed by atoms with van der Waals surface area (Å²) in [5.74, 6) is 0.784. The van der Waals surface area contributed by atoms with Crippen molar-refractivity contribution in [2.45, 2.75) is 44.9 Å². The van der Waals surface area contributed by atoms with E-state index in [1.165, 1.54) is 11.1 Å². The molecule has 1 rings (SSSR count). The Hall–Kier alpha value is -0.670. The largest absolute Gasteiger partial charge is 0.312 e. The lowest BCUT2D eigenvalue weighted by molar-refractivity contribution is 0.569. The van der Waals surface area contributed by atoms with Gasteiger partial charge in [-0.05, 0) is 37.9 Å². The third kappa shape index (κ3) is 3.92. The van der Waals surface area contributed by atoms with Crippen molar-refractivity contribution in [3.05, 3.63) is 35.4 Å². The first-order valence-corrected chi connectivity index (χ1v) is 8.15. The van der Waals surface area contributed by atoms with E-state index in [2.05, 4.69) is 50.4 Å². The zero-order chi connectivity index (χ0) is 13.5. The van der Waals surface area contributed by atoms with Gasteiger partial charge in [-0.15, -0.1) is 0 Å². The molecule has 0 amide bonds. The Morgan fingerprint density at radius 1 is 1.22 bits per heavy atom. The number of rotatable bonds is 7. The van der Waals surface area contributed by atoms with E-state index in [1.807, 2.05) is 7.05 Å². The van der Waals surface area contributed by atoms with E-state index in [0.717, 1.165) is 18.6 Å². The predicted octanol–water partition coefficient (Wildman–Crippen LogP) is 3.06. The zero-order valence-corrected chi connectivity index (χ0v) is 12.7. The van der Waals surface area contributed by atoms with Crippen LogP contribution in [-0.2, 0) is 17.2 Å². The van der Waals surface area contributed by atoms with Crippen molar-refractivity contribution < 1.29 is 4.21 Å². The van der Waals surface area contributed by atoms with E-state index in [-0.39, 0.29) is 11.3 Å². The van der Waals surface area contributed by atoms with Gasteiger partial charge in [0, 0.05) is 22.6 Å². The average molecular weight is 267 g/mol.